The Hall–Kier alpha value is -1.28. The number of hydrogen-bond donors (Lipinski definition) is 2. The van der Waals surface area contributed by atoms with Crippen molar-refractivity contribution in [1.29, 1.82) is 0 Å². The zero-order chi connectivity index (χ0) is 53.5. The van der Waals surface area contributed by atoms with E-state index in [0.717, 1.165) is 44.9 Å². The monoisotopic (exact) mass is 1050 g/mol. The molecule has 0 aromatic carbocycles. The van der Waals surface area contributed by atoms with Crippen LogP contribution in [0.2, 0.25) is 0 Å². The SMILES string of the molecule is CCCCCCC/C=C\C/C=C\CCCCCCCCCCCCCCCCCCCCCCCC(=O)NC(COP(=O)([O-])OCC[N+](C)(C)C)C(O)/C=C/CCCCCCCCCCCCCCCCCC. The standard InChI is InChI=1S/C64H125N2O6P/c1-6-8-10-12-14-16-18-20-22-24-26-27-28-29-30-31-32-33-34-35-36-37-38-39-40-42-44-46-48-50-52-54-56-58-64(68)65-62(61-72-73(69,70)71-60-59-66(3,4)5)63(67)57-55-53-51-49-47-45-43-41-25-23-21-19-17-15-13-11-9-7-2/h18,20,24,26,55,57,62-63,67H,6-17,19,21-23,25,27-54,56,58-61H2,1-5H3,(H-,65,68,69,70)/b20-18-,26-24-,57-55+. The van der Waals surface area contributed by atoms with Gasteiger partial charge in [-0.2, -0.15) is 0 Å². The van der Waals surface area contributed by atoms with E-state index in [4.69, 9.17) is 9.05 Å². The third-order valence-corrected chi connectivity index (χ3v) is 15.6. The van der Waals surface area contributed by atoms with Crippen molar-refractivity contribution < 1.29 is 32.9 Å². The molecule has 0 aromatic heterocycles. The number of quaternary nitrogens is 1. The van der Waals surface area contributed by atoms with Gasteiger partial charge in [0.25, 0.3) is 7.82 Å². The van der Waals surface area contributed by atoms with Gasteiger partial charge in [-0.05, 0) is 51.4 Å². The van der Waals surface area contributed by atoms with Gasteiger partial charge in [0.15, 0.2) is 0 Å². The number of amides is 1. The third-order valence-electron chi connectivity index (χ3n) is 14.6. The molecule has 2 N–H and O–H groups in total. The van der Waals surface area contributed by atoms with E-state index >= 15 is 0 Å². The number of phosphoric ester groups is 1. The smallest absolute Gasteiger partial charge is 0.268 e. The van der Waals surface area contributed by atoms with Crippen LogP contribution in [-0.2, 0) is 18.4 Å². The summed E-state index contributed by atoms with van der Waals surface area (Å²) in [5.74, 6) is -0.191. The van der Waals surface area contributed by atoms with Gasteiger partial charge >= 0.3 is 0 Å². The van der Waals surface area contributed by atoms with E-state index in [2.05, 4.69) is 43.5 Å². The molecule has 0 saturated heterocycles. The van der Waals surface area contributed by atoms with Crippen LogP contribution in [0.15, 0.2) is 36.5 Å². The highest BCUT2D eigenvalue weighted by molar-refractivity contribution is 7.45. The first kappa shape index (κ1) is 71.7. The maximum atomic E-state index is 13.0. The van der Waals surface area contributed by atoms with Crippen molar-refractivity contribution in [2.24, 2.45) is 0 Å². The minimum absolute atomic E-state index is 0.00103. The first-order chi connectivity index (χ1) is 35.5. The van der Waals surface area contributed by atoms with Crippen LogP contribution in [0.25, 0.3) is 0 Å². The number of nitrogens with zero attached hydrogens (tertiary/aromatic N) is 1. The molecule has 0 radical (unpaired) electrons. The summed E-state index contributed by atoms with van der Waals surface area (Å²) < 4.78 is 23.4. The summed E-state index contributed by atoms with van der Waals surface area (Å²) in [4.78, 5) is 25.5. The number of likely N-dealkylation sites (N-methyl/N-ethyl adjacent to an activating group) is 1. The van der Waals surface area contributed by atoms with Crippen molar-refractivity contribution in [3.05, 3.63) is 36.5 Å². The predicted octanol–water partition coefficient (Wildman–Crippen LogP) is 19.1. The van der Waals surface area contributed by atoms with Crippen LogP contribution in [0.5, 0.6) is 0 Å². The zero-order valence-electron chi connectivity index (χ0n) is 49.4. The van der Waals surface area contributed by atoms with Crippen LogP contribution in [0, 0.1) is 0 Å². The van der Waals surface area contributed by atoms with Gasteiger partial charge < -0.3 is 28.8 Å². The fourth-order valence-corrected chi connectivity index (χ4v) is 10.3. The van der Waals surface area contributed by atoms with Crippen LogP contribution in [0.3, 0.4) is 0 Å². The highest BCUT2D eigenvalue weighted by Crippen LogP contribution is 2.38. The molecule has 0 spiro atoms. The second-order valence-corrected chi connectivity index (χ2v) is 24.5. The van der Waals surface area contributed by atoms with Crippen molar-refractivity contribution >= 4 is 13.7 Å². The lowest BCUT2D eigenvalue weighted by atomic mass is 10.0. The van der Waals surface area contributed by atoms with E-state index in [1.54, 1.807) is 6.08 Å². The van der Waals surface area contributed by atoms with Gasteiger partial charge in [0.1, 0.15) is 13.2 Å². The number of rotatable bonds is 59. The maximum Gasteiger partial charge on any atom is 0.268 e. The molecule has 0 bridgehead atoms. The summed E-state index contributed by atoms with van der Waals surface area (Å²) in [7, 11) is 1.27. The summed E-state index contributed by atoms with van der Waals surface area (Å²) in [6, 6.07) is -0.885. The summed E-state index contributed by atoms with van der Waals surface area (Å²) in [6.45, 7) is 4.68. The van der Waals surface area contributed by atoms with Gasteiger partial charge in [0, 0.05) is 6.42 Å². The second-order valence-electron chi connectivity index (χ2n) is 23.1. The zero-order valence-corrected chi connectivity index (χ0v) is 50.3. The highest BCUT2D eigenvalue weighted by atomic mass is 31.2. The first-order valence-electron chi connectivity index (χ1n) is 31.9. The molecule has 0 aromatic rings. The highest BCUT2D eigenvalue weighted by Gasteiger charge is 2.23. The van der Waals surface area contributed by atoms with E-state index in [9.17, 15) is 19.4 Å². The van der Waals surface area contributed by atoms with Crippen molar-refractivity contribution in [2.45, 2.75) is 328 Å². The first-order valence-corrected chi connectivity index (χ1v) is 33.3. The van der Waals surface area contributed by atoms with Crippen molar-refractivity contribution in [3.63, 3.8) is 0 Å². The van der Waals surface area contributed by atoms with E-state index < -0.39 is 20.0 Å². The molecule has 1 amide bonds. The van der Waals surface area contributed by atoms with E-state index in [1.807, 2.05) is 27.2 Å². The molecule has 0 fully saturated rings. The molecule has 0 aliphatic heterocycles. The Balaban J connectivity index is 4.03. The molecule has 9 heteroatoms. The average molecular weight is 1050 g/mol. The lowest BCUT2D eigenvalue weighted by molar-refractivity contribution is -0.870. The molecular formula is C64H125N2O6P. The van der Waals surface area contributed by atoms with Crippen LogP contribution < -0.4 is 10.2 Å². The minimum Gasteiger partial charge on any atom is -0.756 e. The lowest BCUT2D eigenvalue weighted by Gasteiger charge is -2.29. The van der Waals surface area contributed by atoms with Crippen molar-refractivity contribution in [2.75, 3.05) is 40.9 Å². The number of nitrogens with one attached hydrogen (secondary N) is 1. The Morgan fingerprint density at radius 2 is 0.795 bits per heavy atom. The number of carbonyl (C=O) groups is 1. The van der Waals surface area contributed by atoms with Gasteiger partial charge in [-0.25, -0.2) is 0 Å². The lowest BCUT2D eigenvalue weighted by Crippen LogP contribution is -2.45. The fourth-order valence-electron chi connectivity index (χ4n) is 9.60. The molecule has 73 heavy (non-hydrogen) atoms. The number of aliphatic hydroxyl groups is 1. The van der Waals surface area contributed by atoms with Crippen LogP contribution in [0.4, 0.5) is 0 Å². The van der Waals surface area contributed by atoms with Gasteiger partial charge in [0.05, 0.1) is 39.9 Å². The van der Waals surface area contributed by atoms with Crippen LogP contribution in [0.1, 0.15) is 316 Å². The number of allylic oxidation sites excluding steroid dienone is 5. The predicted molar refractivity (Wildman–Crippen MR) is 316 cm³/mol. The Labute approximate surface area is 455 Å². The summed E-state index contributed by atoms with van der Waals surface area (Å²) in [5.41, 5.74) is 0. The Kier molecular flexibility index (Phi) is 54.5. The van der Waals surface area contributed by atoms with Gasteiger partial charge in [-0.15, -0.1) is 0 Å². The number of carbonyl (C=O) groups excluding carboxylic acids is 1. The fraction of sp³-hybridized carbons (Fsp3) is 0.891. The number of hydrogen-bond acceptors (Lipinski definition) is 6. The summed E-state index contributed by atoms with van der Waals surface area (Å²) in [6.07, 6.45) is 72.4. The molecule has 0 saturated carbocycles. The van der Waals surface area contributed by atoms with Gasteiger partial charge in [-0.1, -0.05) is 294 Å². The van der Waals surface area contributed by atoms with E-state index in [-0.39, 0.29) is 19.1 Å². The van der Waals surface area contributed by atoms with Crippen LogP contribution in [-0.4, -0.2) is 68.5 Å². The Bertz CT molecular complexity index is 1280. The molecule has 0 rings (SSSR count). The van der Waals surface area contributed by atoms with Crippen molar-refractivity contribution in [1.82, 2.24) is 5.32 Å². The van der Waals surface area contributed by atoms with Crippen LogP contribution >= 0.6 is 7.82 Å². The Morgan fingerprint density at radius 3 is 1.14 bits per heavy atom. The number of unbranched alkanes of at least 4 members (excludes halogenated alkanes) is 42. The minimum atomic E-state index is -4.60. The third kappa shape index (κ3) is 58.2. The topological polar surface area (TPSA) is 108 Å². The number of phosphoric acid groups is 1. The molecule has 432 valence electrons. The van der Waals surface area contributed by atoms with Gasteiger partial charge in [-0.3, -0.25) is 9.36 Å². The Morgan fingerprint density at radius 1 is 0.479 bits per heavy atom. The second kappa shape index (κ2) is 55.5. The molecule has 0 heterocycles. The van der Waals surface area contributed by atoms with E-state index in [1.165, 1.54) is 250 Å². The molecular weight excluding hydrogens is 924 g/mol. The molecule has 0 aliphatic rings. The quantitative estimate of drug-likeness (QED) is 0.0272. The maximum absolute atomic E-state index is 13.0. The normalized spacial score (nSPS) is 14.0. The molecule has 0 aliphatic carbocycles. The van der Waals surface area contributed by atoms with E-state index in [0.29, 0.717) is 17.4 Å². The van der Waals surface area contributed by atoms with Crippen molar-refractivity contribution in [3.8, 4) is 0 Å². The summed E-state index contributed by atoms with van der Waals surface area (Å²) in [5, 5.41) is 13.9. The summed E-state index contributed by atoms with van der Waals surface area (Å²) >= 11 is 0. The average Bonchev–Trinajstić information content (AvgIpc) is 3.35. The molecule has 3 atom stereocenters. The molecule has 3 unspecified atom stereocenters. The number of aliphatic hydroxyl groups excluding tert-OH is 1. The van der Waals surface area contributed by atoms with Gasteiger partial charge in [0.2, 0.25) is 5.91 Å². The molecule has 8 nitrogen and oxygen atoms in total. The largest absolute Gasteiger partial charge is 0.756 e.